The van der Waals surface area contributed by atoms with Crippen LogP contribution in [0.15, 0.2) is 36.4 Å². The Hall–Kier alpha value is -2.51. The first-order chi connectivity index (χ1) is 14.0. The first-order valence-corrected chi connectivity index (χ1v) is 10.8. The van der Waals surface area contributed by atoms with Crippen molar-refractivity contribution in [2.75, 3.05) is 18.9 Å². The second-order valence-corrected chi connectivity index (χ2v) is 9.47. The van der Waals surface area contributed by atoms with Crippen LogP contribution >= 0.6 is 0 Å². The molecule has 4 nitrogen and oxygen atoms in total. The van der Waals surface area contributed by atoms with Crippen molar-refractivity contribution in [2.45, 2.75) is 56.9 Å². The van der Waals surface area contributed by atoms with Gasteiger partial charge in [0.05, 0.1) is 16.9 Å². The van der Waals surface area contributed by atoms with Crippen molar-refractivity contribution in [2.24, 2.45) is 5.41 Å². The van der Waals surface area contributed by atoms with Crippen molar-refractivity contribution in [1.29, 1.82) is 5.26 Å². The molecule has 2 fully saturated rings. The maximum Gasteiger partial charge on any atom is 0.139 e. The molecule has 3 atom stereocenters. The quantitative estimate of drug-likeness (QED) is 0.705. The predicted molar refractivity (Wildman–Crippen MR) is 116 cm³/mol. The first-order valence-electron chi connectivity index (χ1n) is 10.8. The molecule has 2 aromatic carbocycles. The van der Waals surface area contributed by atoms with Crippen LogP contribution in [0.1, 0.15) is 55.7 Å². The van der Waals surface area contributed by atoms with E-state index < -0.39 is 0 Å². The second kappa shape index (κ2) is 6.50. The summed E-state index contributed by atoms with van der Waals surface area (Å²) in [4.78, 5) is 2.57. The molecule has 2 N–H and O–H groups in total. The molecule has 3 aliphatic rings. The van der Waals surface area contributed by atoms with Gasteiger partial charge in [-0.1, -0.05) is 31.9 Å². The molecule has 2 aromatic rings. The maximum atomic E-state index is 11.0. The number of fused-ring (bicyclic) bond motifs is 1. The lowest BCUT2D eigenvalue weighted by Gasteiger charge is -2.65. The molecular formula is C25H29N3O. The van der Waals surface area contributed by atoms with Gasteiger partial charge in [0, 0.05) is 11.5 Å². The van der Waals surface area contributed by atoms with Crippen LogP contribution in [0.25, 0.3) is 0 Å². The number of likely N-dealkylation sites (tertiary alicyclic amines) is 1. The molecule has 2 aliphatic carbocycles. The Labute approximate surface area is 173 Å². The number of nitriles is 1. The Kier molecular flexibility index (Phi) is 4.15. The molecule has 1 aliphatic heterocycles. The molecule has 5 rings (SSSR count). The van der Waals surface area contributed by atoms with E-state index in [2.05, 4.69) is 36.3 Å². The molecule has 1 saturated carbocycles. The summed E-state index contributed by atoms with van der Waals surface area (Å²) in [6, 6.07) is 14.4. The van der Waals surface area contributed by atoms with E-state index in [1.54, 1.807) is 6.07 Å². The maximum absolute atomic E-state index is 11.0. The average molecular weight is 388 g/mol. The van der Waals surface area contributed by atoms with Gasteiger partial charge < -0.3 is 15.3 Å². The molecule has 4 heteroatoms. The van der Waals surface area contributed by atoms with Gasteiger partial charge in [-0.05, 0) is 80.1 Å². The first kappa shape index (κ1) is 18.5. The van der Waals surface area contributed by atoms with E-state index in [1.807, 2.05) is 24.3 Å². The van der Waals surface area contributed by atoms with E-state index in [4.69, 9.17) is 0 Å². The lowest BCUT2D eigenvalue weighted by Crippen LogP contribution is -2.66. The predicted octanol–water partition coefficient (Wildman–Crippen LogP) is 5.09. The third-order valence-corrected chi connectivity index (χ3v) is 8.27. The molecule has 0 spiro atoms. The highest BCUT2D eigenvalue weighted by molar-refractivity contribution is 5.72. The van der Waals surface area contributed by atoms with E-state index in [0.717, 1.165) is 18.7 Å². The summed E-state index contributed by atoms with van der Waals surface area (Å²) in [6.45, 7) is 3.64. The number of nitrogens with one attached hydrogen (secondary N) is 1. The zero-order valence-corrected chi connectivity index (χ0v) is 17.3. The van der Waals surface area contributed by atoms with Crippen LogP contribution in [0.4, 0.5) is 11.4 Å². The topological polar surface area (TPSA) is 59.3 Å². The Morgan fingerprint density at radius 2 is 1.93 bits per heavy atom. The van der Waals surface area contributed by atoms with Crippen LogP contribution in [0.5, 0.6) is 5.75 Å². The Morgan fingerprint density at radius 3 is 2.76 bits per heavy atom. The van der Waals surface area contributed by atoms with Crippen LogP contribution in [0.3, 0.4) is 0 Å². The summed E-state index contributed by atoms with van der Waals surface area (Å²) in [5.41, 5.74) is 5.20. The Morgan fingerprint density at radius 1 is 1.14 bits per heavy atom. The molecule has 0 unspecified atom stereocenters. The third-order valence-electron chi connectivity index (χ3n) is 8.27. The normalized spacial score (nSPS) is 30.7. The summed E-state index contributed by atoms with van der Waals surface area (Å²) in [7, 11) is 2.28. The number of rotatable bonds is 2. The summed E-state index contributed by atoms with van der Waals surface area (Å²) in [5.74, 6) is 0.288. The van der Waals surface area contributed by atoms with Crippen molar-refractivity contribution in [1.82, 2.24) is 4.90 Å². The van der Waals surface area contributed by atoms with Gasteiger partial charge in [-0.15, -0.1) is 0 Å². The standard InChI is InChI=1S/C25H29N3O/c1-24-9-5-6-10-25(24)11-12-28(2)23(24)14-18-13-21(22(29)15-19(18)25)27-20-8-4-3-7-17(20)16-26/h3-4,7-8,13,15,23,27,29H,5-6,9-12,14H2,1-2H3/t23-,24+,25+/m0/s1. The Balaban J connectivity index is 1.61. The molecule has 1 heterocycles. The van der Waals surface area contributed by atoms with Crippen molar-refractivity contribution >= 4 is 11.4 Å². The molecule has 29 heavy (non-hydrogen) atoms. The lowest BCUT2D eigenvalue weighted by atomic mass is 9.45. The molecule has 0 amide bonds. The van der Waals surface area contributed by atoms with Crippen LogP contribution in [-0.4, -0.2) is 29.6 Å². The van der Waals surface area contributed by atoms with Crippen LogP contribution in [0, 0.1) is 16.7 Å². The van der Waals surface area contributed by atoms with Gasteiger partial charge in [0.1, 0.15) is 11.8 Å². The van der Waals surface area contributed by atoms with Gasteiger partial charge in [0.25, 0.3) is 0 Å². The van der Waals surface area contributed by atoms with Gasteiger partial charge in [-0.25, -0.2) is 0 Å². The smallest absolute Gasteiger partial charge is 0.139 e. The highest BCUT2D eigenvalue weighted by Gasteiger charge is 2.60. The molecule has 0 aromatic heterocycles. The fraction of sp³-hybridized carbons (Fsp3) is 0.480. The second-order valence-electron chi connectivity index (χ2n) is 9.47. The minimum atomic E-state index is 0.177. The van der Waals surface area contributed by atoms with Crippen molar-refractivity contribution in [3.8, 4) is 11.8 Å². The zero-order valence-electron chi connectivity index (χ0n) is 17.3. The van der Waals surface area contributed by atoms with Crippen molar-refractivity contribution < 1.29 is 5.11 Å². The van der Waals surface area contributed by atoms with Gasteiger partial charge in [0.2, 0.25) is 0 Å². The SMILES string of the molecule is CN1CC[C@@]23CCCC[C@]2(C)[C@@H]1Cc1cc(Nc2ccccc2C#N)c(O)cc13. The average Bonchev–Trinajstić information content (AvgIpc) is 2.72. The monoisotopic (exact) mass is 387 g/mol. The van der Waals surface area contributed by atoms with E-state index >= 15 is 0 Å². The number of nitrogens with zero attached hydrogens (tertiary/aromatic N) is 2. The Bertz CT molecular complexity index is 1010. The summed E-state index contributed by atoms with van der Waals surface area (Å²) in [6.07, 6.45) is 7.30. The number of piperidine rings is 1. The van der Waals surface area contributed by atoms with Crippen LogP contribution in [0.2, 0.25) is 0 Å². The van der Waals surface area contributed by atoms with Crippen molar-refractivity contribution in [3.63, 3.8) is 0 Å². The van der Waals surface area contributed by atoms with Gasteiger partial charge in [0.15, 0.2) is 0 Å². The fourth-order valence-electron chi connectivity index (χ4n) is 6.70. The summed E-state index contributed by atoms with van der Waals surface area (Å²) in [5, 5.41) is 23.7. The molecular weight excluding hydrogens is 358 g/mol. The van der Waals surface area contributed by atoms with Crippen LogP contribution < -0.4 is 5.32 Å². The number of phenolic OH excluding ortho intramolecular Hbond substituents is 1. The van der Waals surface area contributed by atoms with Crippen LogP contribution in [-0.2, 0) is 11.8 Å². The molecule has 150 valence electrons. The molecule has 2 bridgehead atoms. The number of para-hydroxylation sites is 1. The number of likely N-dealkylation sites (N-methyl/N-ethyl adjacent to an activating group) is 1. The fourth-order valence-corrected chi connectivity index (χ4v) is 6.70. The number of aromatic hydroxyl groups is 1. The van der Waals surface area contributed by atoms with E-state index in [0.29, 0.717) is 17.3 Å². The lowest BCUT2D eigenvalue weighted by molar-refractivity contribution is -0.0735. The highest BCUT2D eigenvalue weighted by atomic mass is 16.3. The molecule has 0 radical (unpaired) electrons. The van der Waals surface area contributed by atoms with E-state index in [1.165, 1.54) is 43.2 Å². The van der Waals surface area contributed by atoms with Crippen molar-refractivity contribution in [3.05, 3.63) is 53.1 Å². The van der Waals surface area contributed by atoms with Gasteiger partial charge >= 0.3 is 0 Å². The highest BCUT2D eigenvalue weighted by Crippen LogP contribution is 2.63. The third kappa shape index (κ3) is 2.53. The number of anilines is 2. The molecule has 1 saturated heterocycles. The van der Waals surface area contributed by atoms with E-state index in [-0.39, 0.29) is 16.6 Å². The zero-order chi connectivity index (χ0) is 20.2. The largest absolute Gasteiger partial charge is 0.506 e. The number of phenols is 1. The number of benzene rings is 2. The number of hydrogen-bond donors (Lipinski definition) is 2. The summed E-state index contributed by atoms with van der Waals surface area (Å²) >= 11 is 0. The van der Waals surface area contributed by atoms with Gasteiger partial charge in [-0.3, -0.25) is 0 Å². The number of hydrogen-bond acceptors (Lipinski definition) is 4. The minimum absolute atomic E-state index is 0.177. The minimum Gasteiger partial charge on any atom is -0.506 e. The van der Waals surface area contributed by atoms with Gasteiger partial charge in [-0.2, -0.15) is 5.26 Å². The van der Waals surface area contributed by atoms with E-state index in [9.17, 15) is 10.4 Å². The summed E-state index contributed by atoms with van der Waals surface area (Å²) < 4.78 is 0.